The van der Waals surface area contributed by atoms with Crippen molar-refractivity contribution in [3.63, 3.8) is 0 Å². The van der Waals surface area contributed by atoms with Crippen LogP contribution in [0.5, 0.6) is 0 Å². The summed E-state index contributed by atoms with van der Waals surface area (Å²) in [4.78, 5) is 17.2. The molecule has 1 heterocycles. The molecule has 3 aromatic carbocycles. The van der Waals surface area contributed by atoms with Gasteiger partial charge in [0.1, 0.15) is 22.7 Å². The van der Waals surface area contributed by atoms with Gasteiger partial charge in [0.2, 0.25) is 5.55 Å². The van der Waals surface area contributed by atoms with Crippen LogP contribution in [-0.2, 0) is 0 Å². The second-order valence-corrected chi connectivity index (χ2v) is 6.39. The lowest BCUT2D eigenvalue weighted by atomic mass is 10.1. The Morgan fingerprint density at radius 3 is 2.54 bits per heavy atom. The van der Waals surface area contributed by atoms with E-state index in [1.807, 2.05) is 43.3 Å². The molecule has 5 heteroatoms. The lowest BCUT2D eigenvalue weighted by molar-refractivity contribution is 0.102. The number of aryl methyl sites for hydroxylation is 1. The number of carbonyl (C=O) groups is 1. The highest BCUT2D eigenvalue weighted by molar-refractivity contribution is 6.05. The number of fused-ring (bicyclic) bond motifs is 1. The minimum atomic E-state index is -0.483. The molecular formula is C23H17FN2O2. The van der Waals surface area contributed by atoms with Crippen LogP contribution >= 0.6 is 0 Å². The predicted octanol–water partition coefficient (Wildman–Crippen LogP) is 5.37. The van der Waals surface area contributed by atoms with Crippen LogP contribution < -0.4 is 10.9 Å². The quantitative estimate of drug-likeness (QED) is 0.526. The number of carbonyl (C=O) groups excluding carboxylic acids is 1. The van der Waals surface area contributed by atoms with Crippen LogP contribution in [0.3, 0.4) is 0 Å². The fourth-order valence-corrected chi connectivity index (χ4v) is 2.85. The summed E-state index contributed by atoms with van der Waals surface area (Å²) in [7, 11) is 0. The molecule has 0 aliphatic heterocycles. The van der Waals surface area contributed by atoms with Gasteiger partial charge < -0.3 is 9.73 Å². The van der Waals surface area contributed by atoms with Crippen molar-refractivity contribution in [1.29, 1.82) is 0 Å². The minimum Gasteiger partial charge on any atom is -0.438 e. The number of amides is 1. The van der Waals surface area contributed by atoms with Crippen molar-refractivity contribution in [2.45, 2.75) is 6.92 Å². The summed E-state index contributed by atoms with van der Waals surface area (Å²) in [5, 5.41) is 3.58. The average Bonchev–Trinajstić information content (AvgIpc) is 2.71. The molecule has 0 fully saturated rings. The van der Waals surface area contributed by atoms with Crippen LogP contribution in [0.2, 0.25) is 0 Å². The molecule has 0 saturated heterocycles. The Hall–Kier alpha value is -3.73. The Bertz CT molecular complexity index is 1230. The highest BCUT2D eigenvalue weighted by Gasteiger charge is 2.14. The van der Waals surface area contributed by atoms with E-state index in [9.17, 15) is 9.18 Å². The Balaban J connectivity index is 1.88. The van der Waals surface area contributed by atoms with Crippen LogP contribution in [0.25, 0.3) is 11.0 Å². The molecule has 0 spiro atoms. The van der Waals surface area contributed by atoms with Crippen molar-refractivity contribution < 1.29 is 13.6 Å². The lowest BCUT2D eigenvalue weighted by Gasteiger charge is -2.07. The SMILES string of the molecule is Cc1ccc(F)c(N=c2oc3ccccc3cc2C(=O)Nc2ccccc2)c1. The first kappa shape index (κ1) is 17.7. The molecule has 0 radical (unpaired) electrons. The number of nitrogens with zero attached hydrogens (tertiary/aromatic N) is 1. The van der Waals surface area contributed by atoms with E-state index in [4.69, 9.17) is 4.42 Å². The molecule has 4 nitrogen and oxygen atoms in total. The van der Waals surface area contributed by atoms with E-state index in [1.165, 1.54) is 6.07 Å². The van der Waals surface area contributed by atoms with Crippen molar-refractivity contribution in [1.82, 2.24) is 0 Å². The summed E-state index contributed by atoms with van der Waals surface area (Å²) >= 11 is 0. The highest BCUT2D eigenvalue weighted by atomic mass is 19.1. The Morgan fingerprint density at radius 2 is 1.71 bits per heavy atom. The fourth-order valence-electron chi connectivity index (χ4n) is 2.85. The molecule has 0 aliphatic rings. The molecule has 4 rings (SSSR count). The molecule has 28 heavy (non-hydrogen) atoms. The van der Waals surface area contributed by atoms with E-state index in [1.54, 1.807) is 36.4 Å². The third-order valence-corrected chi connectivity index (χ3v) is 4.26. The van der Waals surface area contributed by atoms with Crippen molar-refractivity contribution >= 4 is 28.3 Å². The topological polar surface area (TPSA) is 54.6 Å². The average molecular weight is 372 g/mol. The minimum absolute atomic E-state index is 0.0524. The zero-order valence-electron chi connectivity index (χ0n) is 15.1. The van der Waals surface area contributed by atoms with E-state index >= 15 is 0 Å². The molecule has 1 amide bonds. The maximum absolute atomic E-state index is 14.2. The van der Waals surface area contributed by atoms with Crippen LogP contribution in [0, 0.1) is 12.7 Å². The van der Waals surface area contributed by atoms with Gasteiger partial charge in [-0.1, -0.05) is 42.5 Å². The van der Waals surface area contributed by atoms with Crippen molar-refractivity contribution in [3.05, 3.63) is 101 Å². The van der Waals surface area contributed by atoms with E-state index in [2.05, 4.69) is 10.3 Å². The summed E-state index contributed by atoms with van der Waals surface area (Å²) in [6.45, 7) is 1.85. The van der Waals surface area contributed by atoms with Gasteiger partial charge in [0.15, 0.2) is 0 Å². The zero-order valence-corrected chi connectivity index (χ0v) is 15.1. The van der Waals surface area contributed by atoms with Gasteiger partial charge in [-0.2, -0.15) is 0 Å². The molecule has 0 aliphatic carbocycles. The van der Waals surface area contributed by atoms with Crippen LogP contribution in [0.4, 0.5) is 15.8 Å². The number of halogens is 1. The van der Waals surface area contributed by atoms with Gasteiger partial charge in [0.25, 0.3) is 5.91 Å². The summed E-state index contributed by atoms with van der Waals surface area (Å²) in [5.74, 6) is -0.865. The largest absolute Gasteiger partial charge is 0.438 e. The Morgan fingerprint density at radius 1 is 0.964 bits per heavy atom. The monoisotopic (exact) mass is 372 g/mol. The summed E-state index contributed by atoms with van der Waals surface area (Å²) in [6, 6.07) is 22.7. The van der Waals surface area contributed by atoms with Gasteiger partial charge in [0, 0.05) is 11.1 Å². The number of para-hydroxylation sites is 2. The predicted molar refractivity (Wildman–Crippen MR) is 107 cm³/mol. The molecule has 0 atom stereocenters. The first-order valence-electron chi connectivity index (χ1n) is 8.80. The van der Waals surface area contributed by atoms with Gasteiger partial charge >= 0.3 is 0 Å². The van der Waals surface area contributed by atoms with Crippen LogP contribution in [0.1, 0.15) is 15.9 Å². The number of hydrogen-bond donors (Lipinski definition) is 1. The molecular weight excluding hydrogens is 355 g/mol. The first-order valence-corrected chi connectivity index (χ1v) is 8.80. The normalized spacial score (nSPS) is 11.6. The number of benzene rings is 3. The number of nitrogens with one attached hydrogen (secondary N) is 1. The third kappa shape index (κ3) is 3.69. The Kier molecular flexibility index (Phi) is 4.72. The van der Waals surface area contributed by atoms with E-state index in [0.29, 0.717) is 11.3 Å². The van der Waals surface area contributed by atoms with Crippen molar-refractivity contribution in [3.8, 4) is 0 Å². The fraction of sp³-hybridized carbons (Fsp3) is 0.0435. The van der Waals surface area contributed by atoms with Gasteiger partial charge in [-0.05, 0) is 48.9 Å². The second kappa shape index (κ2) is 7.48. The smallest absolute Gasteiger partial charge is 0.261 e. The molecule has 1 aromatic heterocycles. The van der Waals surface area contributed by atoms with Crippen LogP contribution in [-0.4, -0.2) is 5.91 Å². The van der Waals surface area contributed by atoms with Gasteiger partial charge in [-0.3, -0.25) is 4.79 Å². The van der Waals surface area contributed by atoms with E-state index in [-0.39, 0.29) is 22.7 Å². The number of anilines is 1. The molecule has 0 bridgehead atoms. The summed E-state index contributed by atoms with van der Waals surface area (Å²) in [6.07, 6.45) is 0. The Labute approximate surface area is 161 Å². The second-order valence-electron chi connectivity index (χ2n) is 6.39. The summed E-state index contributed by atoms with van der Waals surface area (Å²) in [5.41, 5.74) is 2.46. The molecule has 4 aromatic rings. The number of hydrogen-bond acceptors (Lipinski definition) is 3. The lowest BCUT2D eigenvalue weighted by Crippen LogP contribution is -2.21. The molecule has 0 unspecified atom stereocenters. The number of rotatable bonds is 3. The summed E-state index contributed by atoms with van der Waals surface area (Å²) < 4.78 is 20.1. The molecule has 138 valence electrons. The highest BCUT2D eigenvalue weighted by Crippen LogP contribution is 2.20. The van der Waals surface area contributed by atoms with Gasteiger partial charge in [-0.15, -0.1) is 0 Å². The first-order chi connectivity index (χ1) is 13.6. The standard InChI is InChI=1S/C23H17FN2O2/c1-15-11-12-19(24)20(13-15)26-23-18(14-16-7-5-6-10-21(16)28-23)22(27)25-17-8-3-2-4-9-17/h2-14H,1H3,(H,25,27). The maximum Gasteiger partial charge on any atom is 0.261 e. The van der Waals surface area contributed by atoms with Gasteiger partial charge in [-0.25, -0.2) is 9.38 Å². The molecule has 0 saturated carbocycles. The van der Waals surface area contributed by atoms with E-state index in [0.717, 1.165) is 10.9 Å². The maximum atomic E-state index is 14.2. The van der Waals surface area contributed by atoms with Crippen molar-refractivity contribution in [2.75, 3.05) is 5.32 Å². The molecule has 1 N–H and O–H groups in total. The van der Waals surface area contributed by atoms with Crippen molar-refractivity contribution in [2.24, 2.45) is 4.99 Å². The van der Waals surface area contributed by atoms with Crippen LogP contribution in [0.15, 0.2) is 88.3 Å². The zero-order chi connectivity index (χ0) is 19.5. The van der Waals surface area contributed by atoms with Gasteiger partial charge in [0.05, 0.1) is 0 Å². The van der Waals surface area contributed by atoms with E-state index < -0.39 is 5.82 Å². The third-order valence-electron chi connectivity index (χ3n) is 4.26.